The van der Waals surface area contributed by atoms with Gasteiger partial charge in [-0.25, -0.2) is 0 Å². The van der Waals surface area contributed by atoms with Crippen molar-refractivity contribution < 1.29 is 9.84 Å². The third kappa shape index (κ3) is 6.51. The molecule has 2 unspecified atom stereocenters. The lowest BCUT2D eigenvalue weighted by Crippen LogP contribution is -2.34. The first-order valence-electron chi connectivity index (χ1n) is 7.46. The normalized spacial score (nSPS) is 15.1. The number of rotatable bonds is 7. The standard InChI is InChI=1S/C17H29NO2/c1-6-14-7-9-15(10-8-14)13(2)18-11-16(19)12-20-17(3,4)5/h7-10,13,16,18-19H,6,11-12H2,1-5H3. The Hall–Kier alpha value is -0.900. The summed E-state index contributed by atoms with van der Waals surface area (Å²) in [5.41, 5.74) is 2.38. The van der Waals surface area contributed by atoms with Crippen molar-refractivity contribution in [1.82, 2.24) is 5.32 Å². The Morgan fingerprint density at radius 2 is 1.80 bits per heavy atom. The molecule has 2 atom stereocenters. The minimum Gasteiger partial charge on any atom is -0.389 e. The van der Waals surface area contributed by atoms with Crippen LogP contribution in [0.25, 0.3) is 0 Å². The van der Waals surface area contributed by atoms with Crippen molar-refractivity contribution in [3.8, 4) is 0 Å². The zero-order chi connectivity index (χ0) is 15.2. The molecule has 20 heavy (non-hydrogen) atoms. The van der Waals surface area contributed by atoms with E-state index in [0.29, 0.717) is 13.2 Å². The summed E-state index contributed by atoms with van der Waals surface area (Å²) in [5, 5.41) is 13.2. The molecule has 0 radical (unpaired) electrons. The molecule has 0 spiro atoms. The second kappa shape index (κ2) is 7.77. The van der Waals surface area contributed by atoms with Gasteiger partial charge in [-0.2, -0.15) is 0 Å². The van der Waals surface area contributed by atoms with E-state index in [0.717, 1.165) is 6.42 Å². The van der Waals surface area contributed by atoms with E-state index in [9.17, 15) is 5.11 Å². The fourth-order valence-electron chi connectivity index (χ4n) is 1.88. The summed E-state index contributed by atoms with van der Waals surface area (Å²) >= 11 is 0. The summed E-state index contributed by atoms with van der Waals surface area (Å²) in [6, 6.07) is 8.84. The molecule has 1 aromatic rings. The van der Waals surface area contributed by atoms with E-state index in [-0.39, 0.29) is 11.6 Å². The highest BCUT2D eigenvalue weighted by Gasteiger charge is 2.14. The molecule has 0 bridgehead atoms. The van der Waals surface area contributed by atoms with E-state index in [1.807, 2.05) is 20.8 Å². The van der Waals surface area contributed by atoms with Gasteiger partial charge in [-0.05, 0) is 45.2 Å². The van der Waals surface area contributed by atoms with Gasteiger partial charge in [0.05, 0.1) is 18.3 Å². The highest BCUT2D eigenvalue weighted by Crippen LogP contribution is 2.14. The minimum atomic E-state index is -0.480. The van der Waals surface area contributed by atoms with Gasteiger partial charge in [0.15, 0.2) is 0 Å². The van der Waals surface area contributed by atoms with Crippen LogP contribution in [0.3, 0.4) is 0 Å². The third-order valence-electron chi connectivity index (χ3n) is 3.26. The lowest BCUT2D eigenvalue weighted by Gasteiger charge is -2.23. The second-order valence-corrected chi connectivity index (χ2v) is 6.30. The van der Waals surface area contributed by atoms with Crippen molar-refractivity contribution in [3.63, 3.8) is 0 Å². The lowest BCUT2D eigenvalue weighted by molar-refractivity contribution is -0.0482. The average molecular weight is 279 g/mol. The molecule has 0 aliphatic heterocycles. The molecule has 114 valence electrons. The quantitative estimate of drug-likeness (QED) is 0.806. The molecule has 0 aliphatic carbocycles. The number of hydrogen-bond donors (Lipinski definition) is 2. The molecule has 0 aliphatic rings. The Bertz CT molecular complexity index is 381. The second-order valence-electron chi connectivity index (χ2n) is 6.30. The highest BCUT2D eigenvalue weighted by molar-refractivity contribution is 5.24. The maximum atomic E-state index is 9.90. The van der Waals surface area contributed by atoms with Crippen molar-refractivity contribution in [1.29, 1.82) is 0 Å². The molecule has 0 fully saturated rings. The molecule has 3 heteroatoms. The van der Waals surface area contributed by atoms with E-state index in [1.165, 1.54) is 11.1 Å². The van der Waals surface area contributed by atoms with Crippen LogP contribution in [-0.2, 0) is 11.2 Å². The van der Waals surface area contributed by atoms with Crippen molar-refractivity contribution >= 4 is 0 Å². The Balaban J connectivity index is 2.36. The first-order chi connectivity index (χ1) is 9.31. The molecule has 0 aromatic heterocycles. The van der Waals surface area contributed by atoms with Crippen LogP contribution >= 0.6 is 0 Å². The summed E-state index contributed by atoms with van der Waals surface area (Å²) in [6.07, 6.45) is 0.580. The topological polar surface area (TPSA) is 41.5 Å². The van der Waals surface area contributed by atoms with Crippen LogP contribution in [0, 0.1) is 0 Å². The first-order valence-corrected chi connectivity index (χ1v) is 7.46. The van der Waals surface area contributed by atoms with E-state index < -0.39 is 6.10 Å². The molecule has 0 saturated carbocycles. The maximum absolute atomic E-state index is 9.90. The van der Waals surface area contributed by atoms with E-state index in [1.54, 1.807) is 0 Å². The number of benzene rings is 1. The van der Waals surface area contributed by atoms with Crippen molar-refractivity contribution in [2.45, 2.75) is 58.8 Å². The van der Waals surface area contributed by atoms with Gasteiger partial charge in [0.2, 0.25) is 0 Å². The van der Waals surface area contributed by atoms with E-state index in [2.05, 4.69) is 43.4 Å². The van der Waals surface area contributed by atoms with Crippen LogP contribution < -0.4 is 5.32 Å². The molecule has 0 heterocycles. The van der Waals surface area contributed by atoms with Gasteiger partial charge in [0.1, 0.15) is 0 Å². The minimum absolute atomic E-state index is 0.206. The summed E-state index contributed by atoms with van der Waals surface area (Å²) in [6.45, 7) is 11.1. The zero-order valence-corrected chi connectivity index (χ0v) is 13.4. The van der Waals surface area contributed by atoms with Crippen LogP contribution in [0.5, 0.6) is 0 Å². The number of aliphatic hydroxyl groups excluding tert-OH is 1. The van der Waals surface area contributed by atoms with Crippen LogP contribution in [0.4, 0.5) is 0 Å². The number of hydrogen-bond acceptors (Lipinski definition) is 3. The number of aryl methyl sites for hydroxylation is 1. The smallest absolute Gasteiger partial charge is 0.0898 e. The largest absolute Gasteiger partial charge is 0.389 e. The molecule has 0 amide bonds. The van der Waals surface area contributed by atoms with Gasteiger partial charge >= 0.3 is 0 Å². The van der Waals surface area contributed by atoms with Crippen LogP contribution in [0.1, 0.15) is 51.8 Å². The Morgan fingerprint density at radius 1 is 1.20 bits per heavy atom. The average Bonchev–Trinajstić information content (AvgIpc) is 2.41. The van der Waals surface area contributed by atoms with Crippen LogP contribution in [-0.4, -0.2) is 30.0 Å². The Kier molecular flexibility index (Phi) is 6.66. The molecule has 1 aromatic carbocycles. The van der Waals surface area contributed by atoms with Gasteiger partial charge in [-0.15, -0.1) is 0 Å². The first kappa shape index (κ1) is 17.2. The molecular weight excluding hydrogens is 250 g/mol. The van der Waals surface area contributed by atoms with Crippen molar-refractivity contribution in [2.75, 3.05) is 13.2 Å². The highest BCUT2D eigenvalue weighted by atomic mass is 16.5. The monoisotopic (exact) mass is 279 g/mol. The summed E-state index contributed by atoms with van der Waals surface area (Å²) in [5.74, 6) is 0. The predicted octanol–water partition coefficient (Wildman–Crippen LogP) is 3.08. The maximum Gasteiger partial charge on any atom is 0.0898 e. The fourth-order valence-corrected chi connectivity index (χ4v) is 1.88. The summed E-state index contributed by atoms with van der Waals surface area (Å²) in [4.78, 5) is 0. The van der Waals surface area contributed by atoms with E-state index >= 15 is 0 Å². The van der Waals surface area contributed by atoms with E-state index in [4.69, 9.17) is 4.74 Å². The van der Waals surface area contributed by atoms with Gasteiger partial charge in [-0.3, -0.25) is 0 Å². The van der Waals surface area contributed by atoms with Gasteiger partial charge in [0, 0.05) is 12.6 Å². The number of aliphatic hydroxyl groups is 1. The molecule has 1 rings (SSSR count). The van der Waals surface area contributed by atoms with Gasteiger partial charge in [-0.1, -0.05) is 31.2 Å². The van der Waals surface area contributed by atoms with Gasteiger partial charge < -0.3 is 15.2 Å². The molecule has 0 saturated heterocycles. The van der Waals surface area contributed by atoms with Gasteiger partial charge in [0.25, 0.3) is 0 Å². The van der Waals surface area contributed by atoms with Crippen molar-refractivity contribution in [3.05, 3.63) is 35.4 Å². The number of nitrogens with one attached hydrogen (secondary N) is 1. The number of ether oxygens (including phenoxy) is 1. The van der Waals surface area contributed by atoms with Crippen LogP contribution in [0.2, 0.25) is 0 Å². The lowest BCUT2D eigenvalue weighted by atomic mass is 10.0. The fraction of sp³-hybridized carbons (Fsp3) is 0.647. The Labute approximate surface area is 123 Å². The third-order valence-corrected chi connectivity index (χ3v) is 3.26. The Morgan fingerprint density at radius 3 is 2.30 bits per heavy atom. The molecule has 2 N–H and O–H groups in total. The zero-order valence-electron chi connectivity index (χ0n) is 13.4. The molecular formula is C17H29NO2. The van der Waals surface area contributed by atoms with Crippen molar-refractivity contribution in [2.24, 2.45) is 0 Å². The van der Waals surface area contributed by atoms with Crippen LogP contribution in [0.15, 0.2) is 24.3 Å². The molecule has 3 nitrogen and oxygen atoms in total. The predicted molar refractivity (Wildman–Crippen MR) is 83.9 cm³/mol. The SMILES string of the molecule is CCc1ccc(C(C)NCC(O)COC(C)(C)C)cc1. The summed E-state index contributed by atoms with van der Waals surface area (Å²) in [7, 11) is 0. The summed E-state index contributed by atoms with van der Waals surface area (Å²) < 4.78 is 5.57.